The number of allylic oxidation sites excluding steroid dienone is 2. The largest absolute Gasteiger partial charge is 0.487 e. The van der Waals surface area contributed by atoms with Crippen molar-refractivity contribution in [1.82, 2.24) is 10.2 Å². The maximum absolute atomic E-state index is 12.7. The minimum Gasteiger partial charge on any atom is -0.487 e. The highest BCUT2D eigenvalue weighted by atomic mass is 16.5. The first-order valence-electron chi connectivity index (χ1n) is 10.3. The molecule has 154 valence electrons. The van der Waals surface area contributed by atoms with Crippen LogP contribution >= 0.6 is 0 Å². The van der Waals surface area contributed by atoms with Gasteiger partial charge in [-0.2, -0.15) is 0 Å². The molecule has 1 saturated heterocycles. The second-order valence-corrected chi connectivity index (χ2v) is 8.96. The molecule has 1 N–H and O–H groups in total. The summed E-state index contributed by atoms with van der Waals surface area (Å²) in [7, 11) is 0. The number of ether oxygens (including phenoxy) is 1. The fraction of sp³-hybridized carbons (Fsp3) is 0.522. The standard InChI is InChI=1S/C23H28N2O4/c1-14-8-9-19-17(12-14)18(13-23(2,3)29-19)24-20(26)10-11-25-21(27)15-6-4-5-7-16(15)22(25)28/h4-5,8-9,12,15-16,18H,6-7,10-11,13H2,1-3H3,(H,24,26)/t15-,16+,18?. The van der Waals surface area contributed by atoms with Crippen LogP contribution in [0.5, 0.6) is 5.75 Å². The molecule has 1 aliphatic carbocycles. The lowest BCUT2D eigenvalue weighted by Crippen LogP contribution is -2.42. The summed E-state index contributed by atoms with van der Waals surface area (Å²) in [6, 6.07) is 5.83. The summed E-state index contributed by atoms with van der Waals surface area (Å²) in [6.45, 7) is 6.17. The SMILES string of the molecule is Cc1ccc2c(c1)C(NC(=O)CCN1C(=O)[C@H]3CC=CC[C@H]3C1=O)CC(C)(C)O2. The molecule has 6 nitrogen and oxygen atoms in total. The summed E-state index contributed by atoms with van der Waals surface area (Å²) in [5.74, 6) is -0.133. The highest BCUT2D eigenvalue weighted by molar-refractivity contribution is 6.05. The number of amides is 3. The van der Waals surface area contributed by atoms with Gasteiger partial charge in [0.1, 0.15) is 11.4 Å². The van der Waals surface area contributed by atoms with Gasteiger partial charge >= 0.3 is 0 Å². The molecule has 3 amide bonds. The normalized spacial score (nSPS) is 27.3. The molecule has 2 heterocycles. The Labute approximate surface area is 171 Å². The van der Waals surface area contributed by atoms with Crippen molar-refractivity contribution in [3.05, 3.63) is 41.5 Å². The van der Waals surface area contributed by atoms with Crippen LogP contribution in [0, 0.1) is 18.8 Å². The van der Waals surface area contributed by atoms with E-state index in [0.717, 1.165) is 16.9 Å². The van der Waals surface area contributed by atoms with E-state index in [1.54, 1.807) is 0 Å². The molecule has 3 atom stereocenters. The second-order valence-electron chi connectivity index (χ2n) is 8.96. The molecule has 6 heteroatoms. The Hall–Kier alpha value is -2.63. The van der Waals surface area contributed by atoms with Gasteiger partial charge in [0.05, 0.1) is 17.9 Å². The Bertz CT molecular complexity index is 863. The summed E-state index contributed by atoms with van der Waals surface area (Å²) in [4.78, 5) is 39.1. The number of rotatable bonds is 4. The zero-order chi connectivity index (χ0) is 20.8. The Kier molecular flexibility index (Phi) is 4.97. The average molecular weight is 396 g/mol. The zero-order valence-electron chi connectivity index (χ0n) is 17.2. The predicted molar refractivity (Wildman–Crippen MR) is 108 cm³/mol. The smallest absolute Gasteiger partial charge is 0.233 e. The van der Waals surface area contributed by atoms with Crippen molar-refractivity contribution in [2.75, 3.05) is 6.54 Å². The van der Waals surface area contributed by atoms with Gasteiger partial charge < -0.3 is 10.1 Å². The number of fused-ring (bicyclic) bond motifs is 2. The third-order valence-electron chi connectivity index (χ3n) is 6.12. The number of carbonyl (C=O) groups excluding carboxylic acids is 3. The molecular formula is C23H28N2O4. The summed E-state index contributed by atoms with van der Waals surface area (Å²) in [5.41, 5.74) is 1.70. The number of carbonyl (C=O) groups is 3. The van der Waals surface area contributed by atoms with Crippen LogP contribution in [0.2, 0.25) is 0 Å². The Balaban J connectivity index is 1.41. The van der Waals surface area contributed by atoms with E-state index in [1.807, 2.05) is 51.1 Å². The minimum atomic E-state index is -0.385. The molecule has 4 rings (SSSR count). The van der Waals surface area contributed by atoms with Gasteiger partial charge in [-0.3, -0.25) is 19.3 Å². The van der Waals surface area contributed by atoms with Crippen LogP contribution in [0.25, 0.3) is 0 Å². The summed E-state index contributed by atoms with van der Waals surface area (Å²) in [5, 5.41) is 3.09. The van der Waals surface area contributed by atoms with E-state index >= 15 is 0 Å². The monoisotopic (exact) mass is 396 g/mol. The van der Waals surface area contributed by atoms with E-state index < -0.39 is 0 Å². The van der Waals surface area contributed by atoms with Crippen LogP contribution in [0.15, 0.2) is 30.4 Å². The van der Waals surface area contributed by atoms with Crippen molar-refractivity contribution in [3.8, 4) is 5.75 Å². The van der Waals surface area contributed by atoms with Crippen LogP contribution in [-0.2, 0) is 14.4 Å². The van der Waals surface area contributed by atoms with Gasteiger partial charge in [0, 0.05) is 24.9 Å². The van der Waals surface area contributed by atoms with Gasteiger partial charge in [-0.25, -0.2) is 0 Å². The van der Waals surface area contributed by atoms with E-state index in [4.69, 9.17) is 4.74 Å². The molecule has 0 bridgehead atoms. The van der Waals surface area contributed by atoms with Crippen molar-refractivity contribution < 1.29 is 19.1 Å². The Morgan fingerprint density at radius 2 is 1.83 bits per heavy atom. The molecule has 0 spiro atoms. The Morgan fingerprint density at radius 3 is 2.48 bits per heavy atom. The first-order valence-corrected chi connectivity index (χ1v) is 10.3. The average Bonchev–Trinajstić information content (AvgIpc) is 2.91. The van der Waals surface area contributed by atoms with Gasteiger partial charge in [-0.05, 0) is 39.7 Å². The summed E-state index contributed by atoms with van der Waals surface area (Å²) < 4.78 is 6.05. The van der Waals surface area contributed by atoms with E-state index in [2.05, 4.69) is 5.32 Å². The predicted octanol–water partition coefficient (Wildman–Crippen LogP) is 3.05. The number of imide groups is 1. The topological polar surface area (TPSA) is 75.7 Å². The molecule has 1 unspecified atom stereocenters. The third-order valence-corrected chi connectivity index (χ3v) is 6.12. The molecular weight excluding hydrogens is 368 g/mol. The minimum absolute atomic E-state index is 0.114. The highest BCUT2D eigenvalue weighted by Gasteiger charge is 2.47. The van der Waals surface area contributed by atoms with Gasteiger partial charge in [-0.1, -0.05) is 29.8 Å². The zero-order valence-corrected chi connectivity index (χ0v) is 17.2. The molecule has 0 aromatic heterocycles. The molecule has 1 aromatic carbocycles. The van der Waals surface area contributed by atoms with E-state index in [-0.39, 0.29) is 54.2 Å². The van der Waals surface area contributed by atoms with E-state index in [1.165, 1.54) is 4.90 Å². The number of benzene rings is 1. The fourth-order valence-corrected chi connectivity index (χ4v) is 4.67. The number of hydrogen-bond acceptors (Lipinski definition) is 4. The molecule has 3 aliphatic rings. The van der Waals surface area contributed by atoms with Crippen molar-refractivity contribution >= 4 is 17.7 Å². The number of hydrogen-bond donors (Lipinski definition) is 1. The number of likely N-dealkylation sites (tertiary alicyclic amines) is 1. The van der Waals surface area contributed by atoms with Crippen molar-refractivity contribution in [3.63, 3.8) is 0 Å². The first-order chi connectivity index (χ1) is 13.7. The van der Waals surface area contributed by atoms with Crippen molar-refractivity contribution in [2.24, 2.45) is 11.8 Å². The number of nitrogens with zero attached hydrogens (tertiary/aromatic N) is 1. The lowest BCUT2D eigenvalue weighted by Gasteiger charge is -2.38. The van der Waals surface area contributed by atoms with Crippen LogP contribution in [-0.4, -0.2) is 34.8 Å². The Morgan fingerprint density at radius 1 is 1.17 bits per heavy atom. The summed E-state index contributed by atoms with van der Waals surface area (Å²) >= 11 is 0. The van der Waals surface area contributed by atoms with Crippen LogP contribution < -0.4 is 10.1 Å². The molecule has 1 fully saturated rings. The fourth-order valence-electron chi connectivity index (χ4n) is 4.67. The highest BCUT2D eigenvalue weighted by Crippen LogP contribution is 2.40. The molecule has 1 aromatic rings. The van der Waals surface area contributed by atoms with Crippen LogP contribution in [0.3, 0.4) is 0 Å². The second kappa shape index (κ2) is 7.32. The summed E-state index contributed by atoms with van der Waals surface area (Å²) in [6.07, 6.45) is 5.94. The van der Waals surface area contributed by atoms with E-state index in [0.29, 0.717) is 19.3 Å². The van der Waals surface area contributed by atoms with Gasteiger partial charge in [0.25, 0.3) is 0 Å². The van der Waals surface area contributed by atoms with Crippen LogP contribution in [0.4, 0.5) is 0 Å². The maximum Gasteiger partial charge on any atom is 0.233 e. The molecule has 0 saturated carbocycles. The lowest BCUT2D eigenvalue weighted by atomic mass is 9.85. The molecule has 29 heavy (non-hydrogen) atoms. The number of nitrogens with one attached hydrogen (secondary N) is 1. The van der Waals surface area contributed by atoms with E-state index in [9.17, 15) is 14.4 Å². The van der Waals surface area contributed by atoms with Crippen molar-refractivity contribution in [1.29, 1.82) is 0 Å². The van der Waals surface area contributed by atoms with Gasteiger partial charge in [0.15, 0.2) is 0 Å². The van der Waals surface area contributed by atoms with Gasteiger partial charge in [-0.15, -0.1) is 0 Å². The quantitative estimate of drug-likeness (QED) is 0.627. The number of aryl methyl sites for hydroxylation is 1. The van der Waals surface area contributed by atoms with Crippen LogP contribution in [0.1, 0.15) is 56.7 Å². The molecule has 2 aliphatic heterocycles. The van der Waals surface area contributed by atoms with Gasteiger partial charge in [0.2, 0.25) is 17.7 Å². The first kappa shape index (κ1) is 19.7. The molecule has 0 radical (unpaired) electrons. The third kappa shape index (κ3) is 3.80. The maximum atomic E-state index is 12.7. The lowest BCUT2D eigenvalue weighted by molar-refractivity contribution is -0.140. The van der Waals surface area contributed by atoms with Crippen molar-refractivity contribution in [2.45, 2.75) is 58.1 Å².